The molecule has 3 heteroatoms. The van der Waals surface area contributed by atoms with Crippen LogP contribution in [0.5, 0.6) is 0 Å². The van der Waals surface area contributed by atoms with E-state index < -0.39 is 0 Å². The van der Waals surface area contributed by atoms with Gasteiger partial charge in [-0.1, -0.05) is 42.5 Å². The summed E-state index contributed by atoms with van der Waals surface area (Å²) in [6.45, 7) is 0. The van der Waals surface area contributed by atoms with Crippen molar-refractivity contribution >= 4 is 5.91 Å². The SMILES string of the molecule is CN(C(=O)C1CC1c1ccccc1F)C1CCc2ccccc21. The van der Waals surface area contributed by atoms with Crippen LogP contribution in [-0.4, -0.2) is 17.9 Å². The van der Waals surface area contributed by atoms with E-state index in [1.54, 1.807) is 12.1 Å². The molecule has 2 aromatic rings. The van der Waals surface area contributed by atoms with E-state index in [-0.39, 0.29) is 29.6 Å². The van der Waals surface area contributed by atoms with Gasteiger partial charge in [-0.3, -0.25) is 4.79 Å². The Balaban J connectivity index is 1.50. The Kier molecular flexibility index (Phi) is 3.44. The summed E-state index contributed by atoms with van der Waals surface area (Å²) in [5.74, 6) is -0.0610. The molecule has 0 aliphatic heterocycles. The van der Waals surface area contributed by atoms with Crippen LogP contribution in [0.15, 0.2) is 48.5 Å². The molecule has 2 aliphatic carbocycles. The Bertz CT molecular complexity index is 757. The van der Waals surface area contributed by atoms with Crippen LogP contribution in [0.4, 0.5) is 4.39 Å². The highest BCUT2D eigenvalue weighted by atomic mass is 19.1. The minimum atomic E-state index is -0.193. The molecule has 0 spiro atoms. The molecule has 0 radical (unpaired) electrons. The van der Waals surface area contributed by atoms with Gasteiger partial charge in [-0.05, 0) is 47.9 Å². The molecule has 2 aromatic carbocycles. The third-order valence-electron chi connectivity index (χ3n) is 5.33. The second-order valence-electron chi connectivity index (χ2n) is 6.67. The minimum Gasteiger partial charge on any atom is -0.338 e. The molecule has 3 unspecified atom stereocenters. The first kappa shape index (κ1) is 14.4. The number of carbonyl (C=O) groups is 1. The fourth-order valence-corrected chi connectivity index (χ4v) is 3.94. The van der Waals surface area contributed by atoms with Crippen LogP contribution in [0.2, 0.25) is 0 Å². The van der Waals surface area contributed by atoms with Gasteiger partial charge in [0.25, 0.3) is 0 Å². The Morgan fingerprint density at radius 1 is 1.09 bits per heavy atom. The highest BCUT2D eigenvalue weighted by Crippen LogP contribution is 2.50. The summed E-state index contributed by atoms with van der Waals surface area (Å²) in [6.07, 6.45) is 2.77. The predicted molar refractivity (Wildman–Crippen MR) is 87.5 cm³/mol. The van der Waals surface area contributed by atoms with Crippen molar-refractivity contribution in [2.45, 2.75) is 31.2 Å². The normalized spacial score (nSPS) is 25.0. The number of amides is 1. The highest BCUT2D eigenvalue weighted by Gasteiger charge is 2.47. The van der Waals surface area contributed by atoms with Crippen LogP contribution in [0, 0.1) is 11.7 Å². The van der Waals surface area contributed by atoms with E-state index in [2.05, 4.69) is 18.2 Å². The lowest BCUT2D eigenvalue weighted by Crippen LogP contribution is -2.31. The fraction of sp³-hybridized carbons (Fsp3) is 0.350. The summed E-state index contributed by atoms with van der Waals surface area (Å²) in [6, 6.07) is 15.3. The monoisotopic (exact) mass is 309 g/mol. The second-order valence-corrected chi connectivity index (χ2v) is 6.67. The first-order chi connectivity index (χ1) is 11.2. The summed E-state index contributed by atoms with van der Waals surface area (Å²) in [5, 5.41) is 0. The maximum atomic E-state index is 13.9. The third-order valence-corrected chi connectivity index (χ3v) is 5.33. The molecule has 4 rings (SSSR count). The lowest BCUT2D eigenvalue weighted by molar-refractivity contribution is -0.133. The second kappa shape index (κ2) is 5.48. The average Bonchev–Trinajstić information content (AvgIpc) is 3.25. The van der Waals surface area contributed by atoms with Gasteiger partial charge in [0.15, 0.2) is 0 Å². The molecule has 2 nitrogen and oxygen atoms in total. The van der Waals surface area contributed by atoms with Gasteiger partial charge in [0, 0.05) is 13.0 Å². The molecule has 0 aromatic heterocycles. The molecule has 1 fully saturated rings. The Morgan fingerprint density at radius 2 is 1.78 bits per heavy atom. The molecular formula is C20H20FNO. The van der Waals surface area contributed by atoms with Crippen LogP contribution in [0.25, 0.3) is 0 Å². The van der Waals surface area contributed by atoms with E-state index in [4.69, 9.17) is 0 Å². The lowest BCUT2D eigenvalue weighted by atomic mass is 10.1. The van der Waals surface area contributed by atoms with E-state index in [0.717, 1.165) is 19.3 Å². The maximum absolute atomic E-state index is 13.9. The van der Waals surface area contributed by atoms with Crippen molar-refractivity contribution in [3.8, 4) is 0 Å². The van der Waals surface area contributed by atoms with E-state index in [1.165, 1.54) is 17.2 Å². The van der Waals surface area contributed by atoms with Crippen LogP contribution in [0.3, 0.4) is 0 Å². The van der Waals surface area contributed by atoms with Crippen molar-refractivity contribution in [3.05, 3.63) is 71.0 Å². The lowest BCUT2D eigenvalue weighted by Gasteiger charge is -2.26. The maximum Gasteiger partial charge on any atom is 0.226 e. The first-order valence-corrected chi connectivity index (χ1v) is 8.25. The topological polar surface area (TPSA) is 20.3 Å². The molecule has 1 saturated carbocycles. The Morgan fingerprint density at radius 3 is 2.57 bits per heavy atom. The zero-order valence-electron chi connectivity index (χ0n) is 13.2. The van der Waals surface area contributed by atoms with Crippen molar-refractivity contribution in [1.82, 2.24) is 4.90 Å². The zero-order chi connectivity index (χ0) is 16.0. The summed E-state index contributed by atoms with van der Waals surface area (Å²) in [7, 11) is 1.89. The number of carbonyl (C=O) groups excluding carboxylic acids is 1. The summed E-state index contributed by atoms with van der Waals surface area (Å²) >= 11 is 0. The molecule has 23 heavy (non-hydrogen) atoms. The molecule has 1 amide bonds. The van der Waals surface area contributed by atoms with Gasteiger partial charge in [-0.2, -0.15) is 0 Å². The molecule has 2 aliphatic rings. The quantitative estimate of drug-likeness (QED) is 0.837. The number of benzene rings is 2. The number of hydrogen-bond acceptors (Lipinski definition) is 1. The first-order valence-electron chi connectivity index (χ1n) is 8.25. The van der Waals surface area contributed by atoms with Crippen molar-refractivity contribution in [2.75, 3.05) is 7.05 Å². The van der Waals surface area contributed by atoms with Crippen LogP contribution in [-0.2, 0) is 11.2 Å². The third kappa shape index (κ3) is 2.44. The molecule has 0 bridgehead atoms. The van der Waals surface area contributed by atoms with Crippen LogP contribution in [0.1, 0.15) is 41.5 Å². The van der Waals surface area contributed by atoms with Gasteiger partial charge in [0.2, 0.25) is 5.91 Å². The smallest absolute Gasteiger partial charge is 0.226 e. The van der Waals surface area contributed by atoms with Crippen molar-refractivity contribution in [3.63, 3.8) is 0 Å². The van der Waals surface area contributed by atoms with Crippen molar-refractivity contribution in [2.24, 2.45) is 5.92 Å². The summed E-state index contributed by atoms with van der Waals surface area (Å²) < 4.78 is 13.9. The summed E-state index contributed by atoms with van der Waals surface area (Å²) in [4.78, 5) is 14.7. The molecule has 3 atom stereocenters. The van der Waals surface area contributed by atoms with Gasteiger partial charge in [-0.15, -0.1) is 0 Å². The standard InChI is InChI=1S/C20H20FNO/c1-22(19-11-10-13-6-2-3-7-14(13)19)20(23)17-12-16(17)15-8-4-5-9-18(15)21/h2-9,16-17,19H,10-12H2,1H3. The van der Waals surface area contributed by atoms with Crippen LogP contribution >= 0.6 is 0 Å². The van der Waals surface area contributed by atoms with Crippen molar-refractivity contribution in [1.29, 1.82) is 0 Å². The minimum absolute atomic E-state index is 0.0443. The predicted octanol–water partition coefficient (Wildman–Crippen LogP) is 4.08. The summed E-state index contributed by atoms with van der Waals surface area (Å²) in [5.41, 5.74) is 3.30. The van der Waals surface area contributed by atoms with E-state index >= 15 is 0 Å². The highest BCUT2D eigenvalue weighted by molar-refractivity contribution is 5.83. The van der Waals surface area contributed by atoms with Crippen molar-refractivity contribution < 1.29 is 9.18 Å². The van der Waals surface area contributed by atoms with Gasteiger partial charge < -0.3 is 4.90 Å². The number of fused-ring (bicyclic) bond motifs is 1. The molecule has 0 N–H and O–H groups in total. The van der Waals surface area contributed by atoms with E-state index in [0.29, 0.717) is 5.56 Å². The molecule has 118 valence electrons. The molecule has 0 heterocycles. The number of rotatable bonds is 3. The van der Waals surface area contributed by atoms with Gasteiger partial charge in [-0.25, -0.2) is 4.39 Å². The number of nitrogens with zero attached hydrogens (tertiary/aromatic N) is 1. The average molecular weight is 309 g/mol. The van der Waals surface area contributed by atoms with Crippen LogP contribution < -0.4 is 0 Å². The molecule has 0 saturated heterocycles. The number of hydrogen-bond donors (Lipinski definition) is 0. The largest absolute Gasteiger partial charge is 0.338 e. The van der Waals surface area contributed by atoms with E-state index in [1.807, 2.05) is 24.1 Å². The number of halogens is 1. The fourth-order valence-electron chi connectivity index (χ4n) is 3.94. The van der Waals surface area contributed by atoms with Gasteiger partial charge >= 0.3 is 0 Å². The Hall–Kier alpha value is -2.16. The molecular weight excluding hydrogens is 289 g/mol. The number of aryl methyl sites for hydroxylation is 1. The van der Waals surface area contributed by atoms with Gasteiger partial charge in [0.05, 0.1) is 6.04 Å². The zero-order valence-corrected chi connectivity index (χ0v) is 13.2. The van der Waals surface area contributed by atoms with Gasteiger partial charge in [0.1, 0.15) is 5.82 Å². The Labute approximate surface area is 135 Å². The van der Waals surface area contributed by atoms with E-state index in [9.17, 15) is 9.18 Å².